The Labute approximate surface area is 188 Å². The first-order valence-corrected chi connectivity index (χ1v) is 10.8. The van der Waals surface area contributed by atoms with Crippen LogP contribution in [0.5, 0.6) is 5.88 Å². The highest BCUT2D eigenvalue weighted by Crippen LogP contribution is 2.34. The van der Waals surface area contributed by atoms with Crippen molar-refractivity contribution in [1.82, 2.24) is 29.6 Å². The summed E-state index contributed by atoms with van der Waals surface area (Å²) < 4.78 is 7.41. The highest BCUT2D eigenvalue weighted by atomic mass is 16.5. The van der Waals surface area contributed by atoms with Crippen molar-refractivity contribution in [2.24, 2.45) is 7.05 Å². The van der Waals surface area contributed by atoms with E-state index >= 15 is 0 Å². The predicted octanol–water partition coefficient (Wildman–Crippen LogP) is 3.57. The summed E-state index contributed by atoms with van der Waals surface area (Å²) in [7, 11) is 3.60. The Kier molecular flexibility index (Phi) is 6.32. The molecule has 0 spiro atoms. The van der Waals surface area contributed by atoms with Crippen LogP contribution in [0.25, 0.3) is 0 Å². The third-order valence-corrected chi connectivity index (χ3v) is 5.81. The van der Waals surface area contributed by atoms with E-state index < -0.39 is 0 Å². The number of pyridine rings is 1. The van der Waals surface area contributed by atoms with Gasteiger partial charge in [-0.15, -0.1) is 0 Å². The second-order valence-corrected chi connectivity index (χ2v) is 8.07. The fourth-order valence-electron chi connectivity index (χ4n) is 4.34. The lowest BCUT2D eigenvalue weighted by Gasteiger charge is -2.35. The van der Waals surface area contributed by atoms with E-state index in [1.807, 2.05) is 39.1 Å². The van der Waals surface area contributed by atoms with E-state index in [1.54, 1.807) is 24.1 Å². The van der Waals surface area contributed by atoms with Crippen LogP contribution < -0.4 is 10.1 Å². The van der Waals surface area contributed by atoms with E-state index in [0.29, 0.717) is 11.5 Å². The number of ether oxygens (including phenoxy) is 1. The van der Waals surface area contributed by atoms with Crippen LogP contribution >= 0.6 is 0 Å². The monoisotopic (exact) mass is 432 g/mol. The normalized spacial score (nSPS) is 16.5. The van der Waals surface area contributed by atoms with Crippen LogP contribution in [0.15, 0.2) is 24.4 Å². The van der Waals surface area contributed by atoms with Gasteiger partial charge >= 0.3 is 0 Å². The van der Waals surface area contributed by atoms with Crippen LogP contribution in [0.4, 0.5) is 11.5 Å². The largest absolute Gasteiger partial charge is 0.481 e. The Morgan fingerprint density at radius 2 is 2.09 bits per heavy atom. The number of hydrogen-bond donors (Lipinski definition) is 1. The first-order chi connectivity index (χ1) is 15.5. The van der Waals surface area contributed by atoms with E-state index in [0.717, 1.165) is 66.7 Å². The minimum atomic E-state index is 0.189. The molecule has 0 radical (unpaired) electrons. The second-order valence-electron chi connectivity index (χ2n) is 8.07. The number of piperidine rings is 1. The lowest BCUT2D eigenvalue weighted by molar-refractivity contribution is 0.135. The minimum absolute atomic E-state index is 0.189. The number of nitriles is 1. The second kappa shape index (κ2) is 9.32. The van der Waals surface area contributed by atoms with Crippen molar-refractivity contribution in [2.75, 3.05) is 19.0 Å². The van der Waals surface area contributed by atoms with Crippen LogP contribution in [-0.2, 0) is 13.6 Å². The Morgan fingerprint density at radius 3 is 2.81 bits per heavy atom. The van der Waals surface area contributed by atoms with Crippen molar-refractivity contribution in [3.8, 4) is 11.9 Å². The van der Waals surface area contributed by atoms with Crippen molar-refractivity contribution < 1.29 is 4.74 Å². The van der Waals surface area contributed by atoms with E-state index in [2.05, 4.69) is 25.3 Å². The van der Waals surface area contributed by atoms with Gasteiger partial charge in [0.2, 0.25) is 5.88 Å². The van der Waals surface area contributed by atoms with Gasteiger partial charge in [0.15, 0.2) is 0 Å². The molecular weight excluding hydrogens is 404 g/mol. The van der Waals surface area contributed by atoms with Gasteiger partial charge in [0, 0.05) is 19.7 Å². The summed E-state index contributed by atoms with van der Waals surface area (Å²) in [5, 5.41) is 16.8. The number of nitrogens with one attached hydrogen (secondary N) is 1. The third kappa shape index (κ3) is 4.55. The van der Waals surface area contributed by atoms with Crippen LogP contribution in [0.2, 0.25) is 0 Å². The minimum Gasteiger partial charge on any atom is -0.481 e. The SMILES string of the molecule is COc1c(CN2CCCC[C@@H]2c2cc(Nc3ccc(C#N)nc3)nc(C)n2)c(C)nn1C. The predicted molar refractivity (Wildman–Crippen MR) is 121 cm³/mol. The molecule has 32 heavy (non-hydrogen) atoms. The molecule has 1 saturated heterocycles. The summed E-state index contributed by atoms with van der Waals surface area (Å²) in [5.41, 5.74) is 4.28. The number of hydrogen-bond acceptors (Lipinski definition) is 8. The molecule has 166 valence electrons. The molecule has 4 heterocycles. The van der Waals surface area contributed by atoms with Gasteiger partial charge in [0.25, 0.3) is 0 Å². The molecule has 3 aromatic rings. The topological polar surface area (TPSA) is 105 Å². The molecule has 0 unspecified atom stereocenters. The van der Waals surface area contributed by atoms with Gasteiger partial charge in [-0.25, -0.2) is 19.6 Å². The van der Waals surface area contributed by atoms with E-state index in [-0.39, 0.29) is 6.04 Å². The van der Waals surface area contributed by atoms with Gasteiger partial charge in [0.05, 0.1) is 42.0 Å². The Balaban J connectivity index is 1.60. The molecule has 1 fully saturated rings. The molecule has 0 aromatic carbocycles. The maximum atomic E-state index is 8.95. The van der Waals surface area contributed by atoms with Crippen LogP contribution in [-0.4, -0.2) is 43.3 Å². The molecule has 9 heteroatoms. The molecule has 4 rings (SSSR count). The lowest BCUT2D eigenvalue weighted by Crippen LogP contribution is -2.34. The van der Waals surface area contributed by atoms with Gasteiger partial charge in [-0.3, -0.25) is 4.90 Å². The molecule has 9 nitrogen and oxygen atoms in total. The molecule has 0 aliphatic carbocycles. The maximum Gasteiger partial charge on any atom is 0.216 e. The average Bonchev–Trinajstić information content (AvgIpc) is 3.06. The van der Waals surface area contributed by atoms with Crippen molar-refractivity contribution in [2.45, 2.75) is 45.7 Å². The van der Waals surface area contributed by atoms with Crippen molar-refractivity contribution in [3.05, 3.63) is 52.9 Å². The Bertz CT molecular complexity index is 1130. The molecule has 0 saturated carbocycles. The quantitative estimate of drug-likeness (QED) is 0.630. The van der Waals surface area contributed by atoms with Crippen molar-refractivity contribution in [1.29, 1.82) is 5.26 Å². The number of likely N-dealkylation sites (tertiary alicyclic amines) is 1. The van der Waals surface area contributed by atoms with Crippen LogP contribution in [0.3, 0.4) is 0 Å². The molecule has 1 aliphatic heterocycles. The molecule has 0 bridgehead atoms. The van der Waals surface area contributed by atoms with Crippen molar-refractivity contribution in [3.63, 3.8) is 0 Å². The first-order valence-electron chi connectivity index (χ1n) is 10.8. The molecule has 3 aromatic heterocycles. The molecule has 1 atom stereocenters. The summed E-state index contributed by atoms with van der Waals surface area (Å²) in [5.74, 6) is 2.24. The average molecular weight is 433 g/mol. The zero-order valence-electron chi connectivity index (χ0n) is 19.0. The highest BCUT2D eigenvalue weighted by Gasteiger charge is 2.28. The summed E-state index contributed by atoms with van der Waals surface area (Å²) >= 11 is 0. The highest BCUT2D eigenvalue weighted by molar-refractivity contribution is 5.55. The summed E-state index contributed by atoms with van der Waals surface area (Å²) in [4.78, 5) is 15.9. The van der Waals surface area contributed by atoms with Gasteiger partial charge in [-0.2, -0.15) is 10.4 Å². The number of aromatic nitrogens is 5. The number of anilines is 2. The first kappa shape index (κ1) is 21.7. The summed E-state index contributed by atoms with van der Waals surface area (Å²) in [6, 6.07) is 7.75. The molecule has 1 N–H and O–H groups in total. The lowest BCUT2D eigenvalue weighted by atomic mass is 9.98. The smallest absolute Gasteiger partial charge is 0.216 e. The fourth-order valence-corrected chi connectivity index (χ4v) is 4.34. The third-order valence-electron chi connectivity index (χ3n) is 5.81. The molecular formula is C23H28N8O. The number of methoxy groups -OCH3 is 1. The summed E-state index contributed by atoms with van der Waals surface area (Å²) in [6.45, 7) is 5.69. The standard InChI is InChI=1S/C23H28N8O/c1-15-19(23(32-4)30(3)29-15)14-31-10-6-5-7-21(31)20-11-22(27-16(2)26-20)28-18-9-8-17(12-24)25-13-18/h8-9,11,13,21H,5-7,10,14H2,1-4H3,(H,26,27,28)/t21-/m1/s1. The van der Waals surface area contributed by atoms with Gasteiger partial charge in [-0.05, 0) is 45.4 Å². The zero-order valence-corrected chi connectivity index (χ0v) is 19.0. The Hall–Kier alpha value is -3.51. The Morgan fingerprint density at radius 1 is 1.25 bits per heavy atom. The number of aryl methyl sites for hydroxylation is 3. The van der Waals surface area contributed by atoms with Crippen molar-refractivity contribution >= 4 is 11.5 Å². The van der Waals surface area contributed by atoms with Crippen LogP contribution in [0, 0.1) is 25.2 Å². The van der Waals surface area contributed by atoms with Gasteiger partial charge in [-0.1, -0.05) is 6.42 Å². The van der Waals surface area contributed by atoms with Gasteiger partial charge in [0.1, 0.15) is 23.4 Å². The summed E-state index contributed by atoms with van der Waals surface area (Å²) in [6.07, 6.45) is 5.00. The van der Waals surface area contributed by atoms with E-state index in [9.17, 15) is 0 Å². The fraction of sp³-hybridized carbons (Fsp3) is 0.435. The number of nitrogens with zero attached hydrogens (tertiary/aromatic N) is 7. The van der Waals surface area contributed by atoms with Gasteiger partial charge < -0.3 is 10.1 Å². The van der Waals surface area contributed by atoms with Crippen LogP contribution in [0.1, 0.15) is 53.8 Å². The molecule has 0 amide bonds. The maximum absolute atomic E-state index is 8.95. The van der Waals surface area contributed by atoms with E-state index in [1.165, 1.54) is 0 Å². The zero-order chi connectivity index (χ0) is 22.7. The van der Waals surface area contributed by atoms with E-state index in [4.69, 9.17) is 15.0 Å². The molecule has 1 aliphatic rings. The number of rotatable bonds is 6.